The summed E-state index contributed by atoms with van der Waals surface area (Å²) < 4.78 is 0. The van der Waals surface area contributed by atoms with Crippen LogP contribution in [0.3, 0.4) is 0 Å². The molecule has 24 heavy (non-hydrogen) atoms. The molecule has 144 valence electrons. The molecule has 0 spiro atoms. The molecule has 3 unspecified atom stereocenters. The zero-order chi connectivity index (χ0) is 18.0. The van der Waals surface area contributed by atoms with Gasteiger partial charge in [-0.2, -0.15) is 0 Å². The highest BCUT2D eigenvalue weighted by molar-refractivity contribution is 7.58. The molecular weight excluding hydrogens is 323 g/mol. The molecule has 0 amide bonds. The second-order valence-electron chi connectivity index (χ2n) is 6.75. The summed E-state index contributed by atoms with van der Waals surface area (Å²) in [6.45, 7) is 1.75. The highest BCUT2D eigenvalue weighted by Gasteiger charge is 2.18. The van der Waals surface area contributed by atoms with Gasteiger partial charge in [0, 0.05) is 6.42 Å². The third kappa shape index (κ3) is 15.5. The lowest BCUT2D eigenvalue weighted by atomic mass is 10.0. The number of aliphatic hydroxyl groups is 3. The Labute approximate surface area is 150 Å². The molecule has 0 bridgehead atoms. The van der Waals surface area contributed by atoms with Gasteiger partial charge in [-0.05, 0) is 15.0 Å². The Kier molecular flexibility index (Phi) is 17.8. The van der Waals surface area contributed by atoms with Crippen LogP contribution in [0.5, 0.6) is 0 Å². The van der Waals surface area contributed by atoms with E-state index in [1.54, 1.807) is 0 Å². The van der Waals surface area contributed by atoms with Crippen molar-refractivity contribution in [2.45, 2.75) is 109 Å². The SMILES string of the molecule is CCCCCCCCCCCCCCCC(=O)PC(O)C(O)CO. The molecule has 3 N–H and O–H groups in total. The maximum absolute atomic E-state index is 11.6. The Morgan fingerprint density at radius 3 is 1.62 bits per heavy atom. The largest absolute Gasteiger partial charge is 0.394 e. The minimum Gasteiger partial charge on any atom is -0.394 e. The molecular formula is C19H39O4P. The van der Waals surface area contributed by atoms with Crippen LogP contribution in [-0.2, 0) is 4.79 Å². The Hall–Kier alpha value is -0.0200. The van der Waals surface area contributed by atoms with Crippen molar-refractivity contribution in [3.05, 3.63) is 0 Å². The minimum absolute atomic E-state index is 0.00178. The van der Waals surface area contributed by atoms with Crippen molar-refractivity contribution < 1.29 is 20.1 Å². The quantitative estimate of drug-likeness (QED) is 0.250. The van der Waals surface area contributed by atoms with Crippen LogP contribution in [0.15, 0.2) is 0 Å². The van der Waals surface area contributed by atoms with E-state index in [1.807, 2.05) is 0 Å². The zero-order valence-electron chi connectivity index (χ0n) is 15.5. The average molecular weight is 362 g/mol. The van der Waals surface area contributed by atoms with Crippen molar-refractivity contribution in [3.8, 4) is 0 Å². The van der Waals surface area contributed by atoms with Crippen LogP contribution < -0.4 is 0 Å². The predicted molar refractivity (Wildman–Crippen MR) is 103 cm³/mol. The average Bonchev–Trinajstić information content (AvgIpc) is 2.58. The van der Waals surface area contributed by atoms with Crippen LogP contribution in [-0.4, -0.2) is 39.4 Å². The summed E-state index contributed by atoms with van der Waals surface area (Å²) in [6.07, 6.45) is 15.9. The lowest BCUT2D eigenvalue weighted by Gasteiger charge is -2.14. The van der Waals surface area contributed by atoms with Gasteiger partial charge in [0.15, 0.2) is 5.52 Å². The molecule has 0 aromatic rings. The molecule has 0 aromatic carbocycles. The van der Waals surface area contributed by atoms with E-state index in [2.05, 4.69) is 6.92 Å². The number of aliphatic hydroxyl groups excluding tert-OH is 3. The van der Waals surface area contributed by atoms with Crippen molar-refractivity contribution in [2.75, 3.05) is 6.61 Å². The van der Waals surface area contributed by atoms with E-state index in [1.165, 1.54) is 70.6 Å². The molecule has 0 rings (SSSR count). The van der Waals surface area contributed by atoms with E-state index in [9.17, 15) is 15.0 Å². The third-order valence-corrected chi connectivity index (χ3v) is 5.62. The molecule has 0 aliphatic carbocycles. The highest BCUT2D eigenvalue weighted by atomic mass is 31.1. The normalized spacial score (nSPS) is 14.3. The monoisotopic (exact) mass is 362 g/mol. The zero-order valence-corrected chi connectivity index (χ0v) is 16.5. The fraction of sp³-hybridized carbons (Fsp3) is 0.947. The van der Waals surface area contributed by atoms with Gasteiger partial charge in [-0.25, -0.2) is 0 Å². The lowest BCUT2D eigenvalue weighted by molar-refractivity contribution is -0.111. The van der Waals surface area contributed by atoms with Crippen molar-refractivity contribution in [1.82, 2.24) is 0 Å². The van der Waals surface area contributed by atoms with Gasteiger partial charge < -0.3 is 15.3 Å². The van der Waals surface area contributed by atoms with Crippen LogP contribution in [0.2, 0.25) is 0 Å². The molecule has 0 heterocycles. The van der Waals surface area contributed by atoms with Crippen LogP contribution >= 0.6 is 8.58 Å². The molecule has 0 saturated carbocycles. The van der Waals surface area contributed by atoms with Crippen molar-refractivity contribution >= 4 is 14.1 Å². The van der Waals surface area contributed by atoms with Crippen molar-refractivity contribution in [2.24, 2.45) is 0 Å². The highest BCUT2D eigenvalue weighted by Crippen LogP contribution is 2.24. The Morgan fingerprint density at radius 1 is 0.792 bits per heavy atom. The summed E-state index contributed by atoms with van der Waals surface area (Å²) in [5.41, 5.74) is -0.00178. The van der Waals surface area contributed by atoms with Gasteiger partial charge in [-0.1, -0.05) is 84.0 Å². The Balaban J connectivity index is 3.26. The summed E-state index contributed by atoms with van der Waals surface area (Å²) in [5, 5.41) is 27.4. The number of unbranched alkanes of at least 4 members (excludes halogenated alkanes) is 12. The number of carbonyl (C=O) groups excluding carboxylic acids is 1. The summed E-state index contributed by atoms with van der Waals surface area (Å²) in [5.74, 6) is -1.11. The summed E-state index contributed by atoms with van der Waals surface area (Å²) >= 11 is 0. The fourth-order valence-corrected chi connectivity index (χ4v) is 3.69. The molecule has 3 atom stereocenters. The minimum atomic E-state index is -1.20. The van der Waals surface area contributed by atoms with Gasteiger partial charge in [0.25, 0.3) is 0 Å². The smallest absolute Gasteiger partial charge is 0.154 e. The Morgan fingerprint density at radius 2 is 1.21 bits per heavy atom. The number of hydrogen-bond acceptors (Lipinski definition) is 4. The molecule has 4 nitrogen and oxygen atoms in total. The van der Waals surface area contributed by atoms with E-state index < -0.39 is 18.6 Å². The van der Waals surface area contributed by atoms with Crippen LogP contribution in [0, 0.1) is 0 Å². The number of hydrogen-bond donors (Lipinski definition) is 3. The molecule has 5 heteroatoms. The summed E-state index contributed by atoms with van der Waals surface area (Å²) in [4.78, 5) is 11.6. The maximum atomic E-state index is 11.6. The first-order valence-corrected chi connectivity index (χ1v) is 11.0. The number of rotatable bonds is 18. The number of carbonyl (C=O) groups is 1. The molecule has 0 radical (unpaired) electrons. The van der Waals surface area contributed by atoms with E-state index in [0.29, 0.717) is 6.42 Å². The van der Waals surface area contributed by atoms with Crippen molar-refractivity contribution in [1.29, 1.82) is 0 Å². The first kappa shape index (κ1) is 24.0. The van der Waals surface area contributed by atoms with Gasteiger partial charge in [-0.3, -0.25) is 4.79 Å². The summed E-state index contributed by atoms with van der Waals surface area (Å²) in [7, 11) is -0.315. The third-order valence-electron chi connectivity index (χ3n) is 4.37. The lowest BCUT2D eigenvalue weighted by Crippen LogP contribution is -2.26. The van der Waals surface area contributed by atoms with Gasteiger partial charge in [-0.15, -0.1) is 0 Å². The Bertz CT molecular complexity index is 287. The molecule has 0 aliphatic rings. The van der Waals surface area contributed by atoms with Crippen molar-refractivity contribution in [3.63, 3.8) is 0 Å². The van der Waals surface area contributed by atoms with Gasteiger partial charge in [0.05, 0.1) is 6.61 Å². The first-order valence-electron chi connectivity index (χ1n) is 9.88. The summed E-state index contributed by atoms with van der Waals surface area (Å²) in [6, 6.07) is 0. The first-order chi connectivity index (χ1) is 11.6. The van der Waals surface area contributed by atoms with Crippen LogP contribution in [0.4, 0.5) is 0 Å². The second-order valence-corrected chi connectivity index (χ2v) is 8.19. The van der Waals surface area contributed by atoms with E-state index in [-0.39, 0.29) is 14.1 Å². The standard InChI is InChI=1S/C19H39O4P/c1-2-3-4-5-6-7-8-9-10-11-12-13-14-15-18(22)24-19(23)17(21)16-20/h17,19-21,23-24H,2-16H2,1H3. The molecule has 0 aromatic heterocycles. The van der Waals surface area contributed by atoms with E-state index >= 15 is 0 Å². The van der Waals surface area contributed by atoms with E-state index in [0.717, 1.165) is 12.8 Å². The molecule has 0 saturated heterocycles. The fourth-order valence-electron chi connectivity index (χ4n) is 2.74. The van der Waals surface area contributed by atoms with Gasteiger partial charge >= 0.3 is 0 Å². The molecule has 0 fully saturated rings. The van der Waals surface area contributed by atoms with Crippen LogP contribution in [0.1, 0.15) is 96.8 Å². The maximum Gasteiger partial charge on any atom is 0.154 e. The topological polar surface area (TPSA) is 77.8 Å². The predicted octanol–water partition coefficient (Wildman–Crippen LogP) is 4.34. The van der Waals surface area contributed by atoms with Gasteiger partial charge in [0.2, 0.25) is 0 Å². The molecule has 0 aliphatic heterocycles. The van der Waals surface area contributed by atoms with E-state index in [4.69, 9.17) is 5.11 Å². The van der Waals surface area contributed by atoms with Gasteiger partial charge in [0.1, 0.15) is 11.9 Å². The second kappa shape index (κ2) is 17.8. The van der Waals surface area contributed by atoms with Crippen LogP contribution in [0.25, 0.3) is 0 Å².